The van der Waals surface area contributed by atoms with Gasteiger partial charge in [-0.05, 0) is 30.9 Å². The van der Waals surface area contributed by atoms with Crippen LogP contribution in [0.25, 0.3) is 0 Å². The van der Waals surface area contributed by atoms with Crippen LogP contribution in [0.3, 0.4) is 0 Å². The van der Waals surface area contributed by atoms with Crippen molar-refractivity contribution in [1.82, 2.24) is 5.32 Å². The van der Waals surface area contributed by atoms with Crippen molar-refractivity contribution < 1.29 is 9.90 Å². The number of benzene rings is 1. The molecule has 4 N–H and O–H groups in total. The molecule has 1 aromatic carbocycles. The monoisotopic (exact) mass is 254 g/mol. The van der Waals surface area contributed by atoms with E-state index in [0.717, 1.165) is 12.2 Å². The van der Waals surface area contributed by atoms with Crippen LogP contribution in [0.1, 0.15) is 23.7 Å². The van der Waals surface area contributed by atoms with Crippen LogP contribution in [0.5, 0.6) is 5.75 Å². The molecule has 0 saturated heterocycles. The lowest BCUT2D eigenvalue weighted by molar-refractivity contribution is 0.0940. The minimum atomic E-state index is -0.237. The van der Waals surface area contributed by atoms with Crippen molar-refractivity contribution in [3.05, 3.63) is 23.8 Å². The van der Waals surface area contributed by atoms with Crippen molar-refractivity contribution in [2.45, 2.75) is 19.4 Å². The van der Waals surface area contributed by atoms with Gasteiger partial charge < -0.3 is 16.2 Å². The first-order chi connectivity index (χ1) is 8.08. The molecule has 0 spiro atoms. The summed E-state index contributed by atoms with van der Waals surface area (Å²) in [5.41, 5.74) is 6.40. The number of amides is 1. The number of carbonyl (C=O) groups is 1. The number of hydrogen-bond donors (Lipinski definition) is 3. The average Bonchev–Trinajstić information content (AvgIpc) is 2.31. The summed E-state index contributed by atoms with van der Waals surface area (Å²) >= 11 is 1.68. The van der Waals surface area contributed by atoms with E-state index >= 15 is 0 Å². The summed E-state index contributed by atoms with van der Waals surface area (Å²) in [6.45, 7) is 2.02. The average molecular weight is 254 g/mol. The zero-order chi connectivity index (χ0) is 12.8. The van der Waals surface area contributed by atoms with Crippen molar-refractivity contribution in [2.75, 3.05) is 17.7 Å². The second kappa shape index (κ2) is 6.39. The van der Waals surface area contributed by atoms with Gasteiger partial charge in [0.25, 0.3) is 5.91 Å². The van der Waals surface area contributed by atoms with Crippen LogP contribution in [0.4, 0.5) is 5.69 Å². The molecule has 1 amide bonds. The smallest absolute Gasteiger partial charge is 0.253 e. The van der Waals surface area contributed by atoms with Gasteiger partial charge in [-0.3, -0.25) is 4.79 Å². The molecule has 1 aromatic rings. The molecule has 4 nitrogen and oxygen atoms in total. The van der Waals surface area contributed by atoms with Gasteiger partial charge in [0.05, 0.1) is 5.56 Å². The van der Waals surface area contributed by atoms with Gasteiger partial charge >= 0.3 is 0 Å². The molecule has 1 unspecified atom stereocenters. The Morgan fingerprint density at radius 1 is 1.59 bits per heavy atom. The molecule has 17 heavy (non-hydrogen) atoms. The highest BCUT2D eigenvalue weighted by Gasteiger charge is 2.14. The molecule has 1 rings (SSSR count). The van der Waals surface area contributed by atoms with Gasteiger partial charge in [-0.2, -0.15) is 11.8 Å². The van der Waals surface area contributed by atoms with E-state index < -0.39 is 0 Å². The van der Waals surface area contributed by atoms with Crippen LogP contribution in [-0.4, -0.2) is 29.1 Å². The second-order valence-corrected chi connectivity index (χ2v) is 4.72. The first-order valence-corrected chi connectivity index (χ1v) is 6.86. The topological polar surface area (TPSA) is 75.3 Å². The van der Waals surface area contributed by atoms with E-state index in [1.54, 1.807) is 11.8 Å². The molecule has 0 heterocycles. The Bertz CT molecular complexity index is 396. The third-order valence-corrected chi connectivity index (χ3v) is 3.21. The SMILES string of the molecule is CCC(CSC)NC(=O)c1cc(O)ccc1N. The molecule has 0 aliphatic heterocycles. The molecule has 0 aromatic heterocycles. The van der Waals surface area contributed by atoms with E-state index in [1.165, 1.54) is 18.2 Å². The van der Waals surface area contributed by atoms with Gasteiger partial charge in [0.2, 0.25) is 0 Å². The minimum Gasteiger partial charge on any atom is -0.508 e. The van der Waals surface area contributed by atoms with Crippen LogP contribution in [0.2, 0.25) is 0 Å². The van der Waals surface area contributed by atoms with E-state index in [4.69, 9.17) is 5.73 Å². The molecule has 0 aliphatic rings. The maximum absolute atomic E-state index is 12.0. The molecule has 0 bridgehead atoms. The fourth-order valence-corrected chi connectivity index (χ4v) is 2.19. The highest BCUT2D eigenvalue weighted by atomic mass is 32.2. The first-order valence-electron chi connectivity index (χ1n) is 5.46. The number of hydrogen-bond acceptors (Lipinski definition) is 4. The Kier molecular flexibility index (Phi) is 5.15. The van der Waals surface area contributed by atoms with Crippen molar-refractivity contribution in [3.63, 3.8) is 0 Å². The summed E-state index contributed by atoms with van der Waals surface area (Å²) in [5, 5.41) is 12.2. The van der Waals surface area contributed by atoms with Crippen molar-refractivity contribution >= 4 is 23.4 Å². The van der Waals surface area contributed by atoms with E-state index in [2.05, 4.69) is 5.32 Å². The molecule has 1 atom stereocenters. The number of carbonyl (C=O) groups excluding carboxylic acids is 1. The number of nitrogens with two attached hydrogens (primary N) is 1. The van der Waals surface area contributed by atoms with Crippen LogP contribution >= 0.6 is 11.8 Å². The highest BCUT2D eigenvalue weighted by molar-refractivity contribution is 7.98. The molecular formula is C12H18N2O2S. The lowest BCUT2D eigenvalue weighted by atomic mass is 10.1. The maximum Gasteiger partial charge on any atom is 0.253 e. The quantitative estimate of drug-likeness (QED) is 0.553. The van der Waals surface area contributed by atoms with E-state index in [0.29, 0.717) is 11.3 Å². The van der Waals surface area contributed by atoms with Crippen molar-refractivity contribution in [3.8, 4) is 5.75 Å². The number of anilines is 1. The number of rotatable bonds is 5. The summed E-state index contributed by atoms with van der Waals surface area (Å²) in [6.07, 6.45) is 2.86. The summed E-state index contributed by atoms with van der Waals surface area (Å²) < 4.78 is 0. The molecule has 0 radical (unpaired) electrons. The molecule has 0 saturated carbocycles. The van der Waals surface area contributed by atoms with Gasteiger partial charge in [-0.25, -0.2) is 0 Å². The minimum absolute atomic E-state index is 0.0438. The molecule has 5 heteroatoms. The van der Waals surface area contributed by atoms with Gasteiger partial charge in [-0.1, -0.05) is 6.92 Å². The summed E-state index contributed by atoms with van der Waals surface area (Å²) in [4.78, 5) is 12.0. The number of thioether (sulfide) groups is 1. The van der Waals surface area contributed by atoms with Crippen molar-refractivity contribution in [2.24, 2.45) is 0 Å². The number of phenols is 1. The standard InChI is InChI=1S/C12H18N2O2S/c1-3-8(7-17-2)14-12(16)10-6-9(15)4-5-11(10)13/h4-6,8,15H,3,7,13H2,1-2H3,(H,14,16). The summed E-state index contributed by atoms with van der Waals surface area (Å²) in [5.74, 6) is 0.669. The van der Waals surface area contributed by atoms with Gasteiger partial charge in [0.15, 0.2) is 0 Å². The Hall–Kier alpha value is -1.36. The van der Waals surface area contributed by atoms with E-state index in [9.17, 15) is 9.90 Å². The Labute approximate surface area is 106 Å². The second-order valence-electron chi connectivity index (χ2n) is 3.81. The fraction of sp³-hybridized carbons (Fsp3) is 0.417. The maximum atomic E-state index is 12.0. The van der Waals surface area contributed by atoms with E-state index in [-0.39, 0.29) is 17.7 Å². The predicted octanol–water partition coefficient (Wildman–Crippen LogP) is 1.85. The molecule has 94 valence electrons. The third-order valence-electron chi connectivity index (χ3n) is 2.48. The zero-order valence-corrected chi connectivity index (χ0v) is 10.9. The Morgan fingerprint density at radius 2 is 2.29 bits per heavy atom. The Morgan fingerprint density at radius 3 is 2.88 bits per heavy atom. The number of nitrogen functional groups attached to an aromatic ring is 1. The number of phenolic OH excluding ortho intramolecular Hbond substituents is 1. The number of aromatic hydroxyl groups is 1. The molecular weight excluding hydrogens is 236 g/mol. The van der Waals surface area contributed by atoms with Crippen LogP contribution in [-0.2, 0) is 0 Å². The number of nitrogens with one attached hydrogen (secondary N) is 1. The third kappa shape index (κ3) is 3.85. The van der Waals surface area contributed by atoms with Crippen LogP contribution in [0, 0.1) is 0 Å². The van der Waals surface area contributed by atoms with Crippen LogP contribution in [0.15, 0.2) is 18.2 Å². The summed E-state index contributed by atoms with van der Waals surface area (Å²) in [7, 11) is 0. The summed E-state index contributed by atoms with van der Waals surface area (Å²) in [6, 6.07) is 4.50. The van der Waals surface area contributed by atoms with Gasteiger partial charge in [0, 0.05) is 17.5 Å². The molecule has 0 fully saturated rings. The lowest BCUT2D eigenvalue weighted by Crippen LogP contribution is -2.36. The predicted molar refractivity (Wildman–Crippen MR) is 72.4 cm³/mol. The fourth-order valence-electron chi connectivity index (χ4n) is 1.47. The first kappa shape index (κ1) is 13.7. The zero-order valence-electron chi connectivity index (χ0n) is 10.1. The Balaban J connectivity index is 2.78. The lowest BCUT2D eigenvalue weighted by Gasteiger charge is -2.16. The van der Waals surface area contributed by atoms with Gasteiger partial charge in [0.1, 0.15) is 5.75 Å². The van der Waals surface area contributed by atoms with Gasteiger partial charge in [-0.15, -0.1) is 0 Å². The normalized spacial score (nSPS) is 12.1. The van der Waals surface area contributed by atoms with Crippen molar-refractivity contribution in [1.29, 1.82) is 0 Å². The van der Waals surface area contributed by atoms with E-state index in [1.807, 2.05) is 13.2 Å². The van der Waals surface area contributed by atoms with Crippen LogP contribution < -0.4 is 11.1 Å². The highest BCUT2D eigenvalue weighted by Crippen LogP contribution is 2.18. The largest absolute Gasteiger partial charge is 0.508 e. The molecule has 0 aliphatic carbocycles.